The van der Waals surface area contributed by atoms with Crippen LogP contribution < -0.4 is 15.4 Å². The first kappa shape index (κ1) is 19.8. The first-order valence-corrected chi connectivity index (χ1v) is 8.17. The molecule has 2 aromatic carbocycles. The lowest BCUT2D eigenvalue weighted by Gasteiger charge is -2.07. The molecule has 0 fully saturated rings. The summed E-state index contributed by atoms with van der Waals surface area (Å²) in [6.45, 7) is 2.39. The van der Waals surface area contributed by atoms with E-state index in [4.69, 9.17) is 16.3 Å². The third-order valence-electron chi connectivity index (χ3n) is 3.32. The van der Waals surface area contributed by atoms with Gasteiger partial charge < -0.3 is 15.4 Å². The van der Waals surface area contributed by atoms with E-state index < -0.39 is 10.8 Å². The molecule has 8 nitrogen and oxygen atoms in total. The SMILES string of the molecule is CCOc1ccc(NC(=O)/C(C#N)=C\Nc2cc([N+](=O)[O-])ccc2Cl)cc1. The Kier molecular flexibility index (Phi) is 6.74. The van der Waals surface area contributed by atoms with Crippen LogP contribution >= 0.6 is 11.6 Å². The number of halogens is 1. The number of nitriles is 1. The second kappa shape index (κ2) is 9.22. The predicted octanol–water partition coefficient (Wildman–Crippen LogP) is 4.10. The molecule has 0 heterocycles. The van der Waals surface area contributed by atoms with Crippen LogP contribution in [0.5, 0.6) is 5.75 Å². The summed E-state index contributed by atoms with van der Waals surface area (Å²) in [5.74, 6) is 0.0178. The minimum Gasteiger partial charge on any atom is -0.494 e. The number of non-ortho nitro benzene ring substituents is 1. The predicted molar refractivity (Wildman–Crippen MR) is 102 cm³/mol. The van der Waals surface area contributed by atoms with Gasteiger partial charge in [-0.2, -0.15) is 5.26 Å². The van der Waals surface area contributed by atoms with Gasteiger partial charge in [0.1, 0.15) is 17.4 Å². The van der Waals surface area contributed by atoms with Gasteiger partial charge in [0, 0.05) is 24.0 Å². The molecule has 138 valence electrons. The number of benzene rings is 2. The second-order valence-corrected chi connectivity index (χ2v) is 5.55. The number of nitrogens with zero attached hydrogens (tertiary/aromatic N) is 2. The van der Waals surface area contributed by atoms with E-state index in [1.54, 1.807) is 30.3 Å². The van der Waals surface area contributed by atoms with Gasteiger partial charge >= 0.3 is 0 Å². The molecular formula is C18H15ClN4O4. The Morgan fingerprint density at radius 2 is 2.04 bits per heavy atom. The molecule has 2 rings (SSSR count). The summed E-state index contributed by atoms with van der Waals surface area (Å²) in [4.78, 5) is 22.5. The van der Waals surface area contributed by atoms with Crippen LogP contribution in [0.2, 0.25) is 5.02 Å². The van der Waals surface area contributed by atoms with Crippen LogP contribution in [0.3, 0.4) is 0 Å². The van der Waals surface area contributed by atoms with Crippen LogP contribution in [0.1, 0.15) is 6.92 Å². The van der Waals surface area contributed by atoms with Gasteiger partial charge in [-0.1, -0.05) is 11.6 Å². The lowest BCUT2D eigenvalue weighted by atomic mass is 10.2. The molecule has 27 heavy (non-hydrogen) atoms. The van der Waals surface area contributed by atoms with E-state index >= 15 is 0 Å². The standard InChI is InChI=1S/C18H15ClN4O4/c1-2-27-15-6-3-13(4-7-15)22-18(24)12(10-20)11-21-17-9-14(23(25)26)5-8-16(17)19/h3-9,11,21H,2H2,1H3,(H,22,24)/b12-11-. The number of anilines is 2. The smallest absolute Gasteiger partial charge is 0.271 e. The lowest BCUT2D eigenvalue weighted by molar-refractivity contribution is -0.384. The molecule has 2 aromatic rings. The highest BCUT2D eigenvalue weighted by Crippen LogP contribution is 2.27. The molecule has 0 atom stereocenters. The number of carbonyl (C=O) groups excluding carboxylic acids is 1. The highest BCUT2D eigenvalue weighted by atomic mass is 35.5. The van der Waals surface area contributed by atoms with Crippen molar-refractivity contribution < 1.29 is 14.5 Å². The van der Waals surface area contributed by atoms with E-state index in [9.17, 15) is 20.2 Å². The molecule has 0 aromatic heterocycles. The van der Waals surface area contributed by atoms with Crippen molar-refractivity contribution >= 4 is 34.6 Å². The van der Waals surface area contributed by atoms with Gasteiger partial charge in [0.25, 0.3) is 11.6 Å². The minimum absolute atomic E-state index is 0.173. The zero-order chi connectivity index (χ0) is 19.8. The van der Waals surface area contributed by atoms with Crippen molar-refractivity contribution in [3.8, 4) is 11.8 Å². The molecule has 0 spiro atoms. The van der Waals surface area contributed by atoms with Crippen LogP contribution in [0.4, 0.5) is 17.1 Å². The third kappa shape index (κ3) is 5.45. The highest BCUT2D eigenvalue weighted by Gasteiger charge is 2.12. The first-order chi connectivity index (χ1) is 12.9. The minimum atomic E-state index is -0.643. The number of carbonyl (C=O) groups is 1. The monoisotopic (exact) mass is 386 g/mol. The Hall–Kier alpha value is -3.57. The molecule has 2 N–H and O–H groups in total. The van der Waals surface area contributed by atoms with Crippen LogP contribution in [-0.4, -0.2) is 17.4 Å². The molecule has 1 amide bonds. The number of ether oxygens (including phenoxy) is 1. The van der Waals surface area contributed by atoms with E-state index in [0.29, 0.717) is 18.0 Å². The van der Waals surface area contributed by atoms with Crippen LogP contribution in [0.25, 0.3) is 0 Å². The Morgan fingerprint density at radius 3 is 2.63 bits per heavy atom. The van der Waals surface area contributed by atoms with Crippen molar-refractivity contribution in [3.63, 3.8) is 0 Å². The van der Waals surface area contributed by atoms with Gasteiger partial charge in [0.05, 0.1) is 22.2 Å². The Balaban J connectivity index is 2.11. The number of amides is 1. The van der Waals surface area contributed by atoms with E-state index in [1.807, 2.05) is 6.92 Å². The molecule has 0 saturated carbocycles. The normalized spacial score (nSPS) is 10.6. The lowest BCUT2D eigenvalue weighted by Crippen LogP contribution is -2.14. The molecule has 0 aliphatic heterocycles. The quantitative estimate of drug-likeness (QED) is 0.320. The summed E-state index contributed by atoms with van der Waals surface area (Å²) in [6, 6.07) is 12.2. The van der Waals surface area contributed by atoms with Gasteiger partial charge in [-0.05, 0) is 37.3 Å². The van der Waals surface area contributed by atoms with Crippen molar-refractivity contribution in [2.24, 2.45) is 0 Å². The van der Waals surface area contributed by atoms with Gasteiger partial charge in [-0.25, -0.2) is 0 Å². The van der Waals surface area contributed by atoms with E-state index in [-0.39, 0.29) is 22.0 Å². The number of nitrogens with one attached hydrogen (secondary N) is 2. The van der Waals surface area contributed by atoms with E-state index in [0.717, 1.165) is 6.20 Å². The van der Waals surface area contributed by atoms with Crippen molar-refractivity contribution in [1.82, 2.24) is 0 Å². The number of hydrogen-bond acceptors (Lipinski definition) is 6. The van der Waals surface area contributed by atoms with Gasteiger partial charge in [0.15, 0.2) is 0 Å². The first-order valence-electron chi connectivity index (χ1n) is 7.79. The van der Waals surface area contributed by atoms with Crippen molar-refractivity contribution in [3.05, 3.63) is 69.4 Å². The molecule has 0 unspecified atom stereocenters. The summed E-state index contributed by atoms with van der Waals surface area (Å²) < 4.78 is 5.31. The molecule has 9 heteroatoms. The maximum atomic E-state index is 12.2. The maximum absolute atomic E-state index is 12.2. The molecule has 0 bridgehead atoms. The van der Waals surface area contributed by atoms with E-state index in [2.05, 4.69) is 10.6 Å². The fraction of sp³-hybridized carbons (Fsp3) is 0.111. The van der Waals surface area contributed by atoms with Gasteiger partial charge in [-0.3, -0.25) is 14.9 Å². The van der Waals surface area contributed by atoms with Crippen molar-refractivity contribution in [2.45, 2.75) is 6.92 Å². The fourth-order valence-corrected chi connectivity index (χ4v) is 2.21. The molecule has 0 aliphatic carbocycles. The summed E-state index contributed by atoms with van der Waals surface area (Å²) in [6.07, 6.45) is 1.13. The number of hydrogen-bond donors (Lipinski definition) is 2. The Bertz CT molecular complexity index is 920. The summed E-state index contributed by atoms with van der Waals surface area (Å²) in [5, 5.41) is 25.5. The Morgan fingerprint density at radius 1 is 1.33 bits per heavy atom. The second-order valence-electron chi connectivity index (χ2n) is 5.15. The Labute approximate surface area is 160 Å². The average Bonchev–Trinajstić information content (AvgIpc) is 2.65. The highest BCUT2D eigenvalue weighted by molar-refractivity contribution is 6.33. The molecule has 0 aliphatic rings. The van der Waals surface area contributed by atoms with Crippen LogP contribution in [0.15, 0.2) is 54.2 Å². The van der Waals surface area contributed by atoms with E-state index in [1.165, 1.54) is 18.2 Å². The summed E-state index contributed by atoms with van der Waals surface area (Å²) >= 11 is 5.97. The van der Waals surface area contributed by atoms with Crippen LogP contribution in [-0.2, 0) is 4.79 Å². The average molecular weight is 387 g/mol. The molecular weight excluding hydrogens is 372 g/mol. The summed E-state index contributed by atoms with van der Waals surface area (Å²) in [7, 11) is 0. The van der Waals surface area contributed by atoms with Gasteiger partial charge in [-0.15, -0.1) is 0 Å². The molecule has 0 saturated heterocycles. The number of rotatable bonds is 7. The van der Waals surface area contributed by atoms with Crippen LogP contribution in [0, 0.1) is 21.4 Å². The van der Waals surface area contributed by atoms with Crippen molar-refractivity contribution in [1.29, 1.82) is 5.26 Å². The summed E-state index contributed by atoms with van der Waals surface area (Å²) in [5.41, 5.74) is 0.282. The topological polar surface area (TPSA) is 117 Å². The zero-order valence-corrected chi connectivity index (χ0v) is 15.0. The van der Waals surface area contributed by atoms with Gasteiger partial charge in [0.2, 0.25) is 0 Å². The number of nitro benzene ring substituents is 1. The maximum Gasteiger partial charge on any atom is 0.271 e. The van der Waals surface area contributed by atoms with Crippen molar-refractivity contribution in [2.75, 3.05) is 17.2 Å². The zero-order valence-electron chi connectivity index (χ0n) is 14.2. The number of nitro groups is 1. The third-order valence-corrected chi connectivity index (χ3v) is 3.65. The largest absolute Gasteiger partial charge is 0.494 e. The molecule has 0 radical (unpaired) electrons. The fourth-order valence-electron chi connectivity index (χ4n) is 2.04.